The Balaban J connectivity index is 1.83. The molecular formula is C14H21Cl2N2O2S+. The van der Waals surface area contributed by atoms with E-state index in [2.05, 4.69) is 4.72 Å². The molecule has 1 heterocycles. The van der Waals surface area contributed by atoms with Gasteiger partial charge in [-0.25, -0.2) is 13.1 Å². The van der Waals surface area contributed by atoms with E-state index in [1.165, 1.54) is 50.6 Å². The summed E-state index contributed by atoms with van der Waals surface area (Å²) in [5.74, 6) is 0. The number of likely N-dealkylation sites (tertiary alicyclic amines) is 1. The predicted octanol–water partition coefficient (Wildman–Crippen LogP) is 1.73. The van der Waals surface area contributed by atoms with E-state index in [0.717, 1.165) is 13.0 Å². The largest absolute Gasteiger partial charge is 0.335 e. The van der Waals surface area contributed by atoms with Crippen molar-refractivity contribution in [2.24, 2.45) is 0 Å². The summed E-state index contributed by atoms with van der Waals surface area (Å²) in [5.41, 5.74) is 0. The maximum absolute atomic E-state index is 12.2. The van der Waals surface area contributed by atoms with Crippen LogP contribution >= 0.6 is 23.2 Å². The predicted molar refractivity (Wildman–Crippen MR) is 85.7 cm³/mol. The molecule has 4 nitrogen and oxygen atoms in total. The van der Waals surface area contributed by atoms with Gasteiger partial charge in [0.2, 0.25) is 10.0 Å². The van der Waals surface area contributed by atoms with Crippen molar-refractivity contribution in [3.05, 3.63) is 28.2 Å². The van der Waals surface area contributed by atoms with Crippen molar-refractivity contribution in [2.45, 2.75) is 30.6 Å². The second-order valence-corrected chi connectivity index (χ2v) is 8.06. The first-order valence-electron chi connectivity index (χ1n) is 7.27. The molecule has 1 aromatic rings. The minimum absolute atomic E-state index is 0.116. The van der Waals surface area contributed by atoms with E-state index in [0.29, 0.717) is 16.6 Å². The number of rotatable bonds is 6. The van der Waals surface area contributed by atoms with Crippen molar-refractivity contribution in [1.82, 2.24) is 4.72 Å². The number of hydrogen-bond donors (Lipinski definition) is 2. The molecule has 1 aliphatic rings. The van der Waals surface area contributed by atoms with Crippen molar-refractivity contribution in [3.63, 3.8) is 0 Å². The van der Waals surface area contributed by atoms with Gasteiger partial charge in [0, 0.05) is 23.0 Å². The van der Waals surface area contributed by atoms with Crippen LogP contribution in [-0.4, -0.2) is 34.6 Å². The average molecular weight is 352 g/mol. The zero-order valence-electron chi connectivity index (χ0n) is 11.9. The highest BCUT2D eigenvalue weighted by atomic mass is 35.5. The van der Waals surface area contributed by atoms with Gasteiger partial charge < -0.3 is 4.90 Å². The molecule has 2 N–H and O–H groups in total. The van der Waals surface area contributed by atoms with E-state index in [9.17, 15) is 8.42 Å². The lowest BCUT2D eigenvalue weighted by Crippen LogP contribution is -3.12. The first-order valence-corrected chi connectivity index (χ1v) is 9.50. The molecule has 0 aromatic heterocycles. The fourth-order valence-corrected chi connectivity index (χ4v) is 4.41. The Morgan fingerprint density at radius 2 is 1.67 bits per heavy atom. The van der Waals surface area contributed by atoms with Crippen LogP contribution in [0.3, 0.4) is 0 Å². The lowest BCUT2D eigenvalue weighted by Gasteiger charge is -2.23. The number of hydrogen-bond acceptors (Lipinski definition) is 2. The molecule has 118 valence electrons. The number of benzene rings is 1. The molecule has 7 heteroatoms. The standard InChI is InChI=1S/C14H20Cl2N2O2S/c15-12-9-13(16)11-14(10-12)21(19,20)17-5-4-8-18-6-2-1-3-7-18/h9-11,17H,1-8H2/p+1. The van der Waals surface area contributed by atoms with E-state index in [-0.39, 0.29) is 4.90 Å². The Labute approximate surface area is 136 Å². The zero-order chi connectivity index (χ0) is 15.3. The van der Waals surface area contributed by atoms with Crippen molar-refractivity contribution >= 4 is 33.2 Å². The van der Waals surface area contributed by atoms with Crippen LogP contribution < -0.4 is 9.62 Å². The summed E-state index contributed by atoms with van der Waals surface area (Å²) in [4.78, 5) is 1.69. The van der Waals surface area contributed by atoms with Crippen LogP contribution in [-0.2, 0) is 10.0 Å². The van der Waals surface area contributed by atoms with Crippen LogP contribution in [0.5, 0.6) is 0 Å². The lowest BCUT2D eigenvalue weighted by atomic mass is 10.1. The third-order valence-electron chi connectivity index (χ3n) is 3.71. The molecule has 0 aliphatic carbocycles. The number of piperidine rings is 1. The zero-order valence-corrected chi connectivity index (χ0v) is 14.2. The Bertz CT molecular complexity index is 552. The minimum Gasteiger partial charge on any atom is -0.335 e. The van der Waals surface area contributed by atoms with Crippen LogP contribution in [0.4, 0.5) is 0 Å². The van der Waals surface area contributed by atoms with Gasteiger partial charge in [0.25, 0.3) is 0 Å². The van der Waals surface area contributed by atoms with E-state index >= 15 is 0 Å². The van der Waals surface area contributed by atoms with Gasteiger partial charge in [-0.3, -0.25) is 0 Å². The van der Waals surface area contributed by atoms with E-state index in [1.807, 2.05) is 0 Å². The Morgan fingerprint density at radius 3 is 2.29 bits per heavy atom. The van der Waals surface area contributed by atoms with Crippen LogP contribution in [0, 0.1) is 0 Å². The molecule has 0 bridgehead atoms. The third-order valence-corrected chi connectivity index (χ3v) is 5.58. The summed E-state index contributed by atoms with van der Waals surface area (Å²) in [5, 5.41) is 0.640. The van der Waals surface area contributed by atoms with Gasteiger partial charge in [-0.1, -0.05) is 23.2 Å². The summed E-state index contributed by atoms with van der Waals surface area (Å²) in [6.07, 6.45) is 4.72. The van der Waals surface area contributed by atoms with Crippen LogP contribution in [0.2, 0.25) is 10.0 Å². The van der Waals surface area contributed by atoms with Gasteiger partial charge in [-0.05, 0) is 37.5 Å². The fourth-order valence-electron chi connectivity index (χ4n) is 2.61. The molecule has 2 rings (SSSR count). The van der Waals surface area contributed by atoms with Crippen LogP contribution in [0.15, 0.2) is 23.1 Å². The molecule has 1 fully saturated rings. The molecule has 0 spiro atoms. The van der Waals surface area contributed by atoms with Gasteiger partial charge in [0.05, 0.1) is 24.5 Å². The topological polar surface area (TPSA) is 50.6 Å². The third kappa shape index (κ3) is 5.42. The van der Waals surface area contributed by atoms with Gasteiger partial charge in [0.1, 0.15) is 0 Å². The smallest absolute Gasteiger partial charge is 0.240 e. The fraction of sp³-hybridized carbons (Fsp3) is 0.571. The van der Waals surface area contributed by atoms with E-state index in [1.54, 1.807) is 4.90 Å². The summed E-state index contributed by atoms with van der Waals surface area (Å²) in [6.45, 7) is 3.86. The summed E-state index contributed by atoms with van der Waals surface area (Å²) in [7, 11) is -3.54. The highest BCUT2D eigenvalue weighted by Gasteiger charge is 2.16. The molecule has 1 aliphatic heterocycles. The molecule has 0 saturated carbocycles. The number of halogens is 2. The van der Waals surface area contributed by atoms with Crippen molar-refractivity contribution in [3.8, 4) is 0 Å². The first kappa shape index (κ1) is 17.0. The van der Waals surface area contributed by atoms with Crippen LogP contribution in [0.1, 0.15) is 25.7 Å². The number of nitrogens with one attached hydrogen (secondary N) is 2. The van der Waals surface area contributed by atoms with Crippen molar-refractivity contribution in [1.29, 1.82) is 0 Å². The first-order chi connectivity index (χ1) is 9.97. The van der Waals surface area contributed by atoms with E-state index in [4.69, 9.17) is 23.2 Å². The SMILES string of the molecule is O=S(=O)(NCCC[NH+]1CCCCC1)c1cc(Cl)cc(Cl)c1. The number of sulfonamides is 1. The Kier molecular flexibility index (Phi) is 6.32. The average Bonchev–Trinajstić information content (AvgIpc) is 2.44. The Morgan fingerprint density at radius 1 is 1.05 bits per heavy atom. The molecule has 1 aromatic carbocycles. The monoisotopic (exact) mass is 351 g/mol. The van der Waals surface area contributed by atoms with Gasteiger partial charge in [0.15, 0.2) is 0 Å². The maximum atomic E-state index is 12.2. The summed E-state index contributed by atoms with van der Waals surface area (Å²) >= 11 is 11.7. The molecule has 0 radical (unpaired) electrons. The summed E-state index contributed by atoms with van der Waals surface area (Å²) < 4.78 is 26.9. The highest BCUT2D eigenvalue weighted by molar-refractivity contribution is 7.89. The second-order valence-electron chi connectivity index (χ2n) is 5.42. The molecule has 0 atom stereocenters. The van der Waals surface area contributed by atoms with Gasteiger partial charge in [-0.2, -0.15) is 0 Å². The van der Waals surface area contributed by atoms with Gasteiger partial charge in [-0.15, -0.1) is 0 Å². The Hall–Kier alpha value is -0.330. The molecular weight excluding hydrogens is 331 g/mol. The van der Waals surface area contributed by atoms with Crippen molar-refractivity contribution < 1.29 is 13.3 Å². The molecule has 0 unspecified atom stereocenters. The quantitative estimate of drug-likeness (QED) is 0.767. The lowest BCUT2D eigenvalue weighted by molar-refractivity contribution is -0.904. The van der Waals surface area contributed by atoms with E-state index < -0.39 is 10.0 Å². The second kappa shape index (κ2) is 7.79. The van der Waals surface area contributed by atoms with Crippen LogP contribution in [0.25, 0.3) is 0 Å². The molecule has 0 amide bonds. The van der Waals surface area contributed by atoms with Gasteiger partial charge >= 0.3 is 0 Å². The molecule has 21 heavy (non-hydrogen) atoms. The minimum atomic E-state index is -3.54. The highest BCUT2D eigenvalue weighted by Crippen LogP contribution is 2.22. The van der Waals surface area contributed by atoms with Crippen molar-refractivity contribution in [2.75, 3.05) is 26.2 Å². The maximum Gasteiger partial charge on any atom is 0.240 e. The number of quaternary nitrogens is 1. The molecule has 1 saturated heterocycles. The normalized spacial score (nSPS) is 17.0. The summed E-state index contributed by atoms with van der Waals surface area (Å²) in [6, 6.07) is 4.33.